The Morgan fingerprint density at radius 1 is 1.38 bits per heavy atom. The summed E-state index contributed by atoms with van der Waals surface area (Å²) in [5, 5.41) is 9.32. The molecule has 1 aliphatic carbocycles. The first-order chi connectivity index (χ1) is 7.52. The lowest BCUT2D eigenvalue weighted by Crippen LogP contribution is -2.48. The first-order valence-electron chi connectivity index (χ1n) is 5.44. The van der Waals surface area contributed by atoms with Gasteiger partial charge in [-0.3, -0.25) is 0 Å². The monoisotopic (exact) mass is 240 g/mol. The van der Waals surface area contributed by atoms with Crippen LogP contribution in [0.25, 0.3) is 0 Å². The van der Waals surface area contributed by atoms with Crippen LogP contribution >= 0.6 is 0 Å². The van der Waals surface area contributed by atoms with Gasteiger partial charge in [-0.05, 0) is 37.5 Å². The summed E-state index contributed by atoms with van der Waals surface area (Å²) in [6, 6.07) is 6.89. The molecule has 0 unspecified atom stereocenters. The number of hydrogen-bond acceptors (Lipinski definition) is 3. The number of sulfone groups is 1. The van der Waals surface area contributed by atoms with E-state index >= 15 is 0 Å². The maximum atomic E-state index is 12.4. The highest BCUT2D eigenvalue weighted by Gasteiger charge is 2.49. The molecule has 1 saturated carbocycles. The first kappa shape index (κ1) is 11.6. The molecule has 4 heteroatoms. The molecule has 16 heavy (non-hydrogen) atoms. The number of rotatable bonds is 3. The summed E-state index contributed by atoms with van der Waals surface area (Å²) in [6.45, 7) is 1.59. The van der Waals surface area contributed by atoms with E-state index in [-0.39, 0.29) is 6.61 Å². The van der Waals surface area contributed by atoms with Crippen LogP contribution < -0.4 is 0 Å². The molecule has 1 aromatic rings. The minimum Gasteiger partial charge on any atom is -0.395 e. The van der Waals surface area contributed by atoms with Gasteiger partial charge >= 0.3 is 0 Å². The highest BCUT2D eigenvalue weighted by molar-refractivity contribution is 7.93. The Labute approximate surface area is 96.0 Å². The van der Waals surface area contributed by atoms with Crippen LogP contribution in [0, 0.1) is 6.92 Å². The molecule has 1 fully saturated rings. The predicted molar refractivity (Wildman–Crippen MR) is 62.0 cm³/mol. The van der Waals surface area contributed by atoms with E-state index in [9.17, 15) is 13.5 Å². The van der Waals surface area contributed by atoms with Crippen LogP contribution in [0.1, 0.15) is 24.8 Å². The Morgan fingerprint density at radius 3 is 2.50 bits per heavy atom. The topological polar surface area (TPSA) is 54.4 Å². The number of hydrogen-bond donors (Lipinski definition) is 1. The van der Waals surface area contributed by atoms with Gasteiger partial charge in [0.2, 0.25) is 0 Å². The van der Waals surface area contributed by atoms with Crippen molar-refractivity contribution in [2.75, 3.05) is 6.61 Å². The summed E-state index contributed by atoms with van der Waals surface area (Å²) in [5.74, 6) is 0. The molecule has 0 saturated heterocycles. The van der Waals surface area contributed by atoms with Gasteiger partial charge in [-0.2, -0.15) is 0 Å². The quantitative estimate of drug-likeness (QED) is 0.874. The largest absolute Gasteiger partial charge is 0.395 e. The van der Waals surface area contributed by atoms with E-state index in [4.69, 9.17) is 0 Å². The Bertz CT molecular complexity index is 481. The lowest BCUT2D eigenvalue weighted by atomic mass is 9.85. The number of aliphatic hydroxyl groups is 1. The molecule has 88 valence electrons. The average molecular weight is 240 g/mol. The van der Waals surface area contributed by atoms with Crippen molar-refractivity contribution in [1.82, 2.24) is 0 Å². The van der Waals surface area contributed by atoms with Crippen molar-refractivity contribution in [2.24, 2.45) is 0 Å². The van der Waals surface area contributed by atoms with E-state index in [0.717, 1.165) is 12.0 Å². The third kappa shape index (κ3) is 1.57. The highest BCUT2D eigenvalue weighted by atomic mass is 32.2. The molecule has 0 aromatic heterocycles. The zero-order valence-corrected chi connectivity index (χ0v) is 10.1. The van der Waals surface area contributed by atoms with Crippen LogP contribution in [-0.4, -0.2) is 24.9 Å². The normalized spacial score (nSPS) is 19.1. The van der Waals surface area contributed by atoms with Gasteiger partial charge in [0.15, 0.2) is 9.84 Å². The molecular weight excluding hydrogens is 224 g/mol. The lowest BCUT2D eigenvalue weighted by molar-refractivity contribution is 0.181. The van der Waals surface area contributed by atoms with Crippen LogP contribution in [0.5, 0.6) is 0 Å². The minimum absolute atomic E-state index is 0.275. The number of aryl methyl sites for hydroxylation is 1. The first-order valence-corrected chi connectivity index (χ1v) is 6.92. The maximum absolute atomic E-state index is 12.4. The molecule has 3 nitrogen and oxygen atoms in total. The number of aliphatic hydroxyl groups excluding tert-OH is 1. The van der Waals surface area contributed by atoms with Crippen LogP contribution in [0.4, 0.5) is 0 Å². The van der Waals surface area contributed by atoms with Crippen molar-refractivity contribution >= 4 is 9.84 Å². The Morgan fingerprint density at radius 2 is 2.06 bits per heavy atom. The second-order valence-electron chi connectivity index (χ2n) is 4.51. The fraction of sp³-hybridized carbons (Fsp3) is 0.500. The van der Waals surface area contributed by atoms with Crippen molar-refractivity contribution in [1.29, 1.82) is 0 Å². The van der Waals surface area contributed by atoms with Crippen molar-refractivity contribution in [3.63, 3.8) is 0 Å². The maximum Gasteiger partial charge on any atom is 0.186 e. The Kier molecular flexibility index (Phi) is 2.80. The molecule has 0 amide bonds. The molecule has 0 spiro atoms. The van der Waals surface area contributed by atoms with E-state index in [1.807, 2.05) is 13.0 Å². The standard InChI is InChI=1S/C12H16O3S/c1-10-4-2-5-11(8-10)16(14,15)12(9-13)6-3-7-12/h2,4-5,8,13H,3,6-7,9H2,1H3. The molecule has 1 aromatic carbocycles. The van der Waals surface area contributed by atoms with Crippen molar-refractivity contribution < 1.29 is 13.5 Å². The van der Waals surface area contributed by atoms with Crippen LogP contribution in [-0.2, 0) is 9.84 Å². The summed E-state index contributed by atoms with van der Waals surface area (Å²) in [7, 11) is -3.39. The molecule has 0 heterocycles. The van der Waals surface area contributed by atoms with Gasteiger partial charge in [0.1, 0.15) is 0 Å². The summed E-state index contributed by atoms with van der Waals surface area (Å²) in [6.07, 6.45) is 2.02. The second kappa shape index (κ2) is 3.86. The third-order valence-electron chi connectivity index (χ3n) is 3.42. The molecule has 1 aliphatic rings. The smallest absolute Gasteiger partial charge is 0.186 e. The minimum atomic E-state index is -3.39. The van der Waals surface area contributed by atoms with Gasteiger partial charge in [-0.1, -0.05) is 18.6 Å². The van der Waals surface area contributed by atoms with Crippen molar-refractivity contribution in [3.05, 3.63) is 29.8 Å². The summed E-state index contributed by atoms with van der Waals surface area (Å²) < 4.78 is 23.8. The van der Waals surface area contributed by atoms with Crippen molar-refractivity contribution in [3.8, 4) is 0 Å². The Balaban J connectivity index is 2.47. The molecule has 2 rings (SSSR count). The van der Waals surface area contributed by atoms with Gasteiger partial charge in [0.05, 0.1) is 16.2 Å². The summed E-state index contributed by atoms with van der Waals surface area (Å²) in [5.41, 5.74) is 0.925. The molecule has 1 N–H and O–H groups in total. The van der Waals surface area contributed by atoms with E-state index in [1.165, 1.54) is 0 Å². The summed E-state index contributed by atoms with van der Waals surface area (Å²) in [4.78, 5) is 0.334. The highest BCUT2D eigenvalue weighted by Crippen LogP contribution is 2.42. The predicted octanol–water partition coefficient (Wildman–Crippen LogP) is 1.68. The lowest BCUT2D eigenvalue weighted by Gasteiger charge is -2.39. The SMILES string of the molecule is Cc1cccc(S(=O)(=O)C2(CO)CCC2)c1. The zero-order chi connectivity index (χ0) is 11.8. The van der Waals surface area contributed by atoms with E-state index in [0.29, 0.717) is 17.7 Å². The third-order valence-corrected chi connectivity index (χ3v) is 5.97. The Hall–Kier alpha value is -0.870. The van der Waals surface area contributed by atoms with E-state index < -0.39 is 14.6 Å². The summed E-state index contributed by atoms with van der Waals surface area (Å²) >= 11 is 0. The van der Waals surface area contributed by atoms with Gasteiger partial charge in [0.25, 0.3) is 0 Å². The van der Waals surface area contributed by atoms with E-state index in [1.54, 1.807) is 18.2 Å². The van der Waals surface area contributed by atoms with Gasteiger partial charge in [0, 0.05) is 0 Å². The second-order valence-corrected chi connectivity index (χ2v) is 6.86. The van der Waals surface area contributed by atoms with Gasteiger partial charge in [-0.15, -0.1) is 0 Å². The molecule has 0 atom stereocenters. The van der Waals surface area contributed by atoms with Gasteiger partial charge < -0.3 is 5.11 Å². The van der Waals surface area contributed by atoms with Crippen LogP contribution in [0.3, 0.4) is 0 Å². The van der Waals surface area contributed by atoms with Crippen molar-refractivity contribution in [2.45, 2.75) is 35.8 Å². The molecular formula is C12H16O3S. The zero-order valence-electron chi connectivity index (χ0n) is 9.31. The fourth-order valence-electron chi connectivity index (χ4n) is 2.12. The number of benzene rings is 1. The average Bonchev–Trinajstić information content (AvgIpc) is 2.16. The van der Waals surface area contributed by atoms with Crippen LogP contribution in [0.2, 0.25) is 0 Å². The van der Waals surface area contributed by atoms with E-state index in [2.05, 4.69) is 0 Å². The molecule has 0 aliphatic heterocycles. The molecule has 0 radical (unpaired) electrons. The fourth-order valence-corrected chi connectivity index (χ4v) is 4.21. The molecule has 0 bridgehead atoms. The van der Waals surface area contributed by atoms with Crippen LogP contribution in [0.15, 0.2) is 29.2 Å². The van der Waals surface area contributed by atoms with Gasteiger partial charge in [-0.25, -0.2) is 8.42 Å².